The molecule has 1 aliphatic rings. The summed E-state index contributed by atoms with van der Waals surface area (Å²) < 4.78 is 5.32. The van der Waals surface area contributed by atoms with Crippen molar-refractivity contribution in [2.75, 3.05) is 46.9 Å². The van der Waals surface area contributed by atoms with Crippen molar-refractivity contribution < 1.29 is 4.74 Å². The van der Waals surface area contributed by atoms with Gasteiger partial charge in [-0.2, -0.15) is 0 Å². The lowest BCUT2D eigenvalue weighted by Gasteiger charge is -2.40. The van der Waals surface area contributed by atoms with E-state index in [0.717, 1.165) is 26.2 Å². The van der Waals surface area contributed by atoms with E-state index in [9.17, 15) is 0 Å². The second kappa shape index (κ2) is 6.43. The van der Waals surface area contributed by atoms with Crippen LogP contribution in [0.2, 0.25) is 0 Å². The highest BCUT2D eigenvalue weighted by Gasteiger charge is 2.24. The van der Waals surface area contributed by atoms with Gasteiger partial charge in [0.05, 0.1) is 6.10 Å². The molecule has 1 rings (SSSR count). The normalized spacial score (nSPS) is 26.8. The first kappa shape index (κ1) is 12.9. The fourth-order valence-electron chi connectivity index (χ4n) is 2.15. The van der Waals surface area contributed by atoms with Gasteiger partial charge in [0, 0.05) is 45.9 Å². The first-order valence-electron chi connectivity index (χ1n) is 5.86. The maximum atomic E-state index is 5.63. The summed E-state index contributed by atoms with van der Waals surface area (Å²) >= 11 is 0. The lowest BCUT2D eigenvalue weighted by Crippen LogP contribution is -2.53. The largest absolute Gasteiger partial charge is 0.379 e. The van der Waals surface area contributed by atoms with E-state index >= 15 is 0 Å². The van der Waals surface area contributed by atoms with Crippen LogP contribution in [0.5, 0.6) is 0 Å². The molecule has 2 N–H and O–H groups in total. The Morgan fingerprint density at radius 2 is 2.20 bits per heavy atom. The summed E-state index contributed by atoms with van der Waals surface area (Å²) in [5.74, 6) is 0. The number of ether oxygens (including phenoxy) is 1. The zero-order valence-corrected chi connectivity index (χ0v) is 10.3. The van der Waals surface area contributed by atoms with Gasteiger partial charge in [0.2, 0.25) is 0 Å². The van der Waals surface area contributed by atoms with Crippen LogP contribution in [-0.4, -0.2) is 68.8 Å². The maximum Gasteiger partial charge on any atom is 0.0820 e. The van der Waals surface area contributed by atoms with Gasteiger partial charge in [0.1, 0.15) is 0 Å². The Kier molecular flexibility index (Phi) is 5.53. The van der Waals surface area contributed by atoms with Crippen LogP contribution in [0.15, 0.2) is 0 Å². The molecule has 0 aromatic rings. The minimum atomic E-state index is 0.186. The highest BCUT2D eigenvalue weighted by Crippen LogP contribution is 2.11. The summed E-state index contributed by atoms with van der Waals surface area (Å²) in [5, 5.41) is 0. The second-order valence-corrected chi connectivity index (χ2v) is 4.40. The number of methoxy groups -OCH3 is 1. The van der Waals surface area contributed by atoms with Gasteiger partial charge in [-0.3, -0.25) is 4.90 Å². The molecule has 15 heavy (non-hydrogen) atoms. The van der Waals surface area contributed by atoms with E-state index in [0.29, 0.717) is 12.6 Å². The molecule has 0 radical (unpaired) electrons. The van der Waals surface area contributed by atoms with Crippen LogP contribution in [0.1, 0.15) is 13.3 Å². The Balaban J connectivity index is 2.37. The summed E-state index contributed by atoms with van der Waals surface area (Å²) in [6, 6.07) is 0.689. The summed E-state index contributed by atoms with van der Waals surface area (Å²) in [4.78, 5) is 4.91. The van der Waals surface area contributed by atoms with Crippen molar-refractivity contribution in [3.05, 3.63) is 0 Å². The van der Waals surface area contributed by atoms with E-state index in [1.165, 1.54) is 6.42 Å². The molecule has 1 fully saturated rings. The smallest absolute Gasteiger partial charge is 0.0820 e. The van der Waals surface area contributed by atoms with Gasteiger partial charge in [-0.25, -0.2) is 0 Å². The van der Waals surface area contributed by atoms with E-state index in [1.807, 2.05) is 0 Å². The Bertz CT molecular complexity index is 171. The minimum Gasteiger partial charge on any atom is -0.379 e. The molecule has 0 aromatic heterocycles. The fourth-order valence-corrected chi connectivity index (χ4v) is 2.15. The van der Waals surface area contributed by atoms with Gasteiger partial charge >= 0.3 is 0 Å². The molecule has 4 nitrogen and oxygen atoms in total. The minimum absolute atomic E-state index is 0.186. The third-order valence-electron chi connectivity index (χ3n) is 3.39. The van der Waals surface area contributed by atoms with Gasteiger partial charge in [0.25, 0.3) is 0 Å². The summed E-state index contributed by atoms with van der Waals surface area (Å²) in [6.07, 6.45) is 1.40. The van der Waals surface area contributed by atoms with Crippen LogP contribution >= 0.6 is 0 Å². The molecule has 0 bridgehead atoms. The number of piperazine rings is 1. The van der Waals surface area contributed by atoms with Gasteiger partial charge < -0.3 is 15.4 Å². The van der Waals surface area contributed by atoms with Crippen molar-refractivity contribution in [1.29, 1.82) is 0 Å². The quantitative estimate of drug-likeness (QED) is 0.700. The number of nitrogens with zero attached hydrogens (tertiary/aromatic N) is 2. The van der Waals surface area contributed by atoms with Crippen molar-refractivity contribution in [2.45, 2.75) is 25.5 Å². The van der Waals surface area contributed by atoms with Gasteiger partial charge in [-0.1, -0.05) is 6.92 Å². The molecule has 1 aliphatic heterocycles. The molecule has 2 unspecified atom stereocenters. The monoisotopic (exact) mass is 215 g/mol. The number of nitrogens with two attached hydrogens (primary N) is 1. The van der Waals surface area contributed by atoms with Gasteiger partial charge in [0.15, 0.2) is 0 Å². The molecule has 0 amide bonds. The van der Waals surface area contributed by atoms with E-state index in [4.69, 9.17) is 10.5 Å². The van der Waals surface area contributed by atoms with Crippen molar-refractivity contribution in [1.82, 2.24) is 9.80 Å². The van der Waals surface area contributed by atoms with Crippen molar-refractivity contribution in [3.8, 4) is 0 Å². The highest BCUT2D eigenvalue weighted by molar-refractivity contribution is 4.80. The van der Waals surface area contributed by atoms with Crippen LogP contribution in [0.25, 0.3) is 0 Å². The first-order chi connectivity index (χ1) is 7.21. The van der Waals surface area contributed by atoms with Crippen LogP contribution in [0, 0.1) is 0 Å². The number of rotatable bonds is 5. The average Bonchev–Trinajstić information content (AvgIpc) is 2.28. The molecule has 1 heterocycles. The van der Waals surface area contributed by atoms with Crippen molar-refractivity contribution in [3.63, 3.8) is 0 Å². The zero-order chi connectivity index (χ0) is 11.3. The first-order valence-corrected chi connectivity index (χ1v) is 5.86. The molecule has 0 aliphatic carbocycles. The van der Waals surface area contributed by atoms with E-state index in [1.54, 1.807) is 7.11 Å². The predicted octanol–water partition coefficient (Wildman–Crippen LogP) is -0.0139. The van der Waals surface area contributed by atoms with Gasteiger partial charge in [-0.15, -0.1) is 0 Å². The van der Waals surface area contributed by atoms with E-state index in [-0.39, 0.29) is 6.10 Å². The second-order valence-electron chi connectivity index (χ2n) is 4.40. The molecule has 4 heteroatoms. The zero-order valence-electron chi connectivity index (χ0n) is 10.3. The maximum absolute atomic E-state index is 5.63. The average molecular weight is 215 g/mol. The van der Waals surface area contributed by atoms with E-state index in [2.05, 4.69) is 23.8 Å². The highest BCUT2D eigenvalue weighted by atomic mass is 16.5. The standard InChI is InChI=1S/C11H25N3O/c1-4-10-8-14(6-5-13(10)2)9-11(7-12)15-3/h10-11H,4-9,12H2,1-3H3. The lowest BCUT2D eigenvalue weighted by atomic mass is 10.1. The number of likely N-dealkylation sites (N-methyl/N-ethyl adjacent to an activating group) is 1. The Morgan fingerprint density at radius 1 is 1.47 bits per heavy atom. The van der Waals surface area contributed by atoms with Crippen LogP contribution in [0.3, 0.4) is 0 Å². The van der Waals surface area contributed by atoms with Gasteiger partial charge in [-0.05, 0) is 13.5 Å². The third kappa shape index (κ3) is 3.72. The molecule has 1 saturated heterocycles. The fraction of sp³-hybridized carbons (Fsp3) is 1.00. The molecule has 90 valence electrons. The topological polar surface area (TPSA) is 41.7 Å². The Morgan fingerprint density at radius 3 is 2.73 bits per heavy atom. The SMILES string of the molecule is CCC1CN(CC(CN)OC)CCN1C. The van der Waals surface area contributed by atoms with Crippen molar-refractivity contribution in [2.24, 2.45) is 5.73 Å². The summed E-state index contributed by atoms with van der Waals surface area (Å²) in [7, 11) is 3.95. The molecule has 0 saturated carbocycles. The van der Waals surface area contributed by atoms with Crippen LogP contribution < -0.4 is 5.73 Å². The van der Waals surface area contributed by atoms with Crippen molar-refractivity contribution >= 4 is 0 Å². The Hall–Kier alpha value is -0.160. The number of hydrogen-bond acceptors (Lipinski definition) is 4. The van der Waals surface area contributed by atoms with E-state index < -0.39 is 0 Å². The molecule has 0 aromatic carbocycles. The Labute approximate surface area is 93.4 Å². The summed E-state index contributed by atoms with van der Waals surface area (Å²) in [6.45, 7) is 7.26. The molecular weight excluding hydrogens is 190 g/mol. The molecular formula is C11H25N3O. The molecule has 2 atom stereocenters. The van der Waals surface area contributed by atoms with Crippen LogP contribution in [-0.2, 0) is 4.74 Å². The lowest BCUT2D eigenvalue weighted by molar-refractivity contribution is 0.0323. The number of hydrogen-bond donors (Lipinski definition) is 1. The predicted molar refractivity (Wildman–Crippen MR) is 63.0 cm³/mol. The third-order valence-corrected chi connectivity index (χ3v) is 3.39. The summed E-state index contributed by atoms with van der Waals surface area (Å²) in [5.41, 5.74) is 5.63. The van der Waals surface area contributed by atoms with Crippen LogP contribution in [0.4, 0.5) is 0 Å². The molecule has 0 spiro atoms.